The first-order chi connectivity index (χ1) is 8.22. The van der Waals surface area contributed by atoms with E-state index in [1.54, 1.807) is 6.08 Å². The smallest absolute Gasteiger partial charge is 0.0810 e. The lowest BCUT2D eigenvalue weighted by Gasteiger charge is -2.11. The van der Waals surface area contributed by atoms with Gasteiger partial charge in [0.2, 0.25) is 0 Å². The molecule has 1 aromatic rings. The molecule has 3 nitrogen and oxygen atoms in total. The molecular weight excluding hydrogens is 216 g/mol. The van der Waals surface area contributed by atoms with Gasteiger partial charge in [0.15, 0.2) is 0 Å². The maximum Gasteiger partial charge on any atom is 0.0810 e. The fraction of sp³-hybridized carbons (Fsp3) is 0.429. The fourth-order valence-electron chi connectivity index (χ4n) is 1.56. The summed E-state index contributed by atoms with van der Waals surface area (Å²) in [5, 5.41) is 18.4. The Morgan fingerprint density at radius 3 is 2.71 bits per heavy atom. The van der Waals surface area contributed by atoms with Gasteiger partial charge < -0.3 is 14.9 Å². The van der Waals surface area contributed by atoms with Crippen molar-refractivity contribution in [2.75, 3.05) is 13.2 Å². The number of ether oxygens (including phenoxy) is 1. The average molecular weight is 236 g/mol. The zero-order chi connectivity index (χ0) is 12.5. The minimum absolute atomic E-state index is 0.0173. The van der Waals surface area contributed by atoms with E-state index in [0.29, 0.717) is 19.6 Å². The van der Waals surface area contributed by atoms with Crippen LogP contribution in [-0.4, -0.2) is 29.5 Å². The molecule has 0 amide bonds. The third-order valence-electron chi connectivity index (χ3n) is 2.42. The van der Waals surface area contributed by atoms with Gasteiger partial charge in [-0.25, -0.2) is 0 Å². The second-order valence-corrected chi connectivity index (χ2v) is 4.09. The molecule has 2 N–H and O–H groups in total. The van der Waals surface area contributed by atoms with Gasteiger partial charge in [-0.2, -0.15) is 0 Å². The number of aliphatic hydroxyl groups is 2. The maximum absolute atomic E-state index is 9.68. The van der Waals surface area contributed by atoms with Crippen molar-refractivity contribution in [1.82, 2.24) is 0 Å². The van der Waals surface area contributed by atoms with E-state index in [0.717, 1.165) is 11.1 Å². The zero-order valence-corrected chi connectivity index (χ0v) is 10.2. The molecule has 94 valence electrons. The van der Waals surface area contributed by atoms with Gasteiger partial charge in [-0.1, -0.05) is 42.0 Å². The van der Waals surface area contributed by atoms with E-state index < -0.39 is 6.10 Å². The van der Waals surface area contributed by atoms with Crippen molar-refractivity contribution in [3.63, 3.8) is 0 Å². The van der Waals surface area contributed by atoms with Gasteiger partial charge >= 0.3 is 0 Å². The molecule has 0 saturated heterocycles. The summed E-state index contributed by atoms with van der Waals surface area (Å²) >= 11 is 0. The minimum atomic E-state index is -0.512. The summed E-state index contributed by atoms with van der Waals surface area (Å²) in [7, 11) is 0. The molecule has 0 aromatic heterocycles. The Labute approximate surface area is 102 Å². The molecule has 0 radical (unpaired) electrons. The van der Waals surface area contributed by atoms with Gasteiger partial charge in [0, 0.05) is 0 Å². The van der Waals surface area contributed by atoms with Crippen LogP contribution in [0, 0.1) is 0 Å². The van der Waals surface area contributed by atoms with Crippen LogP contribution in [0.5, 0.6) is 0 Å². The maximum atomic E-state index is 9.68. The van der Waals surface area contributed by atoms with E-state index in [4.69, 9.17) is 9.84 Å². The predicted molar refractivity (Wildman–Crippen MR) is 67.6 cm³/mol. The van der Waals surface area contributed by atoms with Crippen molar-refractivity contribution in [3.05, 3.63) is 47.5 Å². The van der Waals surface area contributed by atoms with Crippen molar-refractivity contribution in [2.45, 2.75) is 26.1 Å². The highest BCUT2D eigenvalue weighted by atomic mass is 16.5. The number of hydrogen-bond acceptors (Lipinski definition) is 3. The number of hydrogen-bond donors (Lipinski definition) is 2. The van der Waals surface area contributed by atoms with Crippen molar-refractivity contribution in [3.8, 4) is 0 Å². The summed E-state index contributed by atoms with van der Waals surface area (Å²) in [5.41, 5.74) is 2.07. The van der Waals surface area contributed by atoms with Crippen LogP contribution in [0.2, 0.25) is 0 Å². The number of rotatable bonds is 7. The predicted octanol–water partition coefficient (Wildman–Crippen LogP) is 1.89. The zero-order valence-electron chi connectivity index (χ0n) is 10.2. The van der Waals surface area contributed by atoms with E-state index in [2.05, 4.69) is 0 Å². The van der Waals surface area contributed by atoms with Crippen LogP contribution in [0.15, 0.2) is 42.0 Å². The summed E-state index contributed by atoms with van der Waals surface area (Å²) in [5.74, 6) is 0. The molecule has 0 aliphatic rings. The van der Waals surface area contributed by atoms with E-state index in [1.165, 1.54) is 0 Å². The summed E-state index contributed by atoms with van der Waals surface area (Å²) in [4.78, 5) is 0. The Kier molecular flexibility index (Phi) is 6.55. The first-order valence-corrected chi connectivity index (χ1v) is 5.78. The molecule has 0 bridgehead atoms. The van der Waals surface area contributed by atoms with Gasteiger partial charge in [-0.15, -0.1) is 0 Å². The van der Waals surface area contributed by atoms with Crippen molar-refractivity contribution in [1.29, 1.82) is 0 Å². The number of aliphatic hydroxyl groups excluding tert-OH is 2. The van der Waals surface area contributed by atoms with Gasteiger partial charge in [-0.05, 0) is 18.9 Å². The van der Waals surface area contributed by atoms with Crippen LogP contribution in [-0.2, 0) is 11.3 Å². The molecule has 0 unspecified atom stereocenters. The monoisotopic (exact) mass is 236 g/mol. The molecule has 0 fully saturated rings. The molecule has 1 atom stereocenters. The average Bonchev–Trinajstić information content (AvgIpc) is 2.30. The summed E-state index contributed by atoms with van der Waals surface area (Å²) in [6.45, 7) is 2.73. The third-order valence-corrected chi connectivity index (χ3v) is 2.42. The molecule has 0 aliphatic carbocycles. The molecule has 1 aromatic carbocycles. The van der Waals surface area contributed by atoms with Crippen LogP contribution in [0.4, 0.5) is 0 Å². The van der Waals surface area contributed by atoms with Gasteiger partial charge in [0.25, 0.3) is 0 Å². The first kappa shape index (κ1) is 13.9. The largest absolute Gasteiger partial charge is 0.392 e. The lowest BCUT2D eigenvalue weighted by Crippen LogP contribution is -2.15. The minimum Gasteiger partial charge on any atom is -0.392 e. The molecule has 0 saturated carbocycles. The Hall–Kier alpha value is -1.16. The normalized spacial score (nSPS) is 13.7. The molecule has 0 spiro atoms. The van der Waals surface area contributed by atoms with Crippen molar-refractivity contribution in [2.24, 2.45) is 0 Å². The second kappa shape index (κ2) is 8.01. The van der Waals surface area contributed by atoms with Crippen LogP contribution in [0.25, 0.3) is 0 Å². The van der Waals surface area contributed by atoms with Gasteiger partial charge in [0.1, 0.15) is 0 Å². The van der Waals surface area contributed by atoms with Gasteiger partial charge in [0.05, 0.1) is 25.9 Å². The molecule has 17 heavy (non-hydrogen) atoms. The van der Waals surface area contributed by atoms with E-state index in [9.17, 15) is 5.11 Å². The SMILES string of the molecule is C/C(=C\CO)C[C@H](O)COCc1ccccc1. The lowest BCUT2D eigenvalue weighted by molar-refractivity contribution is 0.0288. The summed E-state index contributed by atoms with van der Waals surface area (Å²) in [6.07, 6.45) is 1.72. The van der Waals surface area contributed by atoms with E-state index >= 15 is 0 Å². The quantitative estimate of drug-likeness (QED) is 0.711. The van der Waals surface area contributed by atoms with Crippen molar-refractivity contribution >= 4 is 0 Å². The third kappa shape index (κ3) is 6.22. The Morgan fingerprint density at radius 1 is 1.35 bits per heavy atom. The molecule has 1 rings (SSSR count). The molecule has 0 aliphatic heterocycles. The van der Waals surface area contributed by atoms with E-state index in [1.807, 2.05) is 37.3 Å². The van der Waals surface area contributed by atoms with Crippen LogP contribution in [0.3, 0.4) is 0 Å². The Balaban J connectivity index is 2.20. The molecular formula is C14H20O3. The second-order valence-electron chi connectivity index (χ2n) is 4.09. The van der Waals surface area contributed by atoms with Crippen LogP contribution >= 0.6 is 0 Å². The highest BCUT2D eigenvalue weighted by molar-refractivity contribution is 5.13. The van der Waals surface area contributed by atoms with Gasteiger partial charge in [-0.3, -0.25) is 0 Å². The standard InChI is InChI=1S/C14H20O3/c1-12(7-8-15)9-14(16)11-17-10-13-5-3-2-4-6-13/h2-7,14-16H,8-11H2,1H3/b12-7+/t14-/m0/s1. The van der Waals surface area contributed by atoms with Crippen LogP contribution < -0.4 is 0 Å². The topological polar surface area (TPSA) is 49.7 Å². The summed E-state index contributed by atoms with van der Waals surface area (Å²) < 4.78 is 5.42. The highest BCUT2D eigenvalue weighted by Crippen LogP contribution is 2.06. The van der Waals surface area contributed by atoms with Crippen molar-refractivity contribution < 1.29 is 14.9 Å². The Morgan fingerprint density at radius 2 is 2.06 bits per heavy atom. The molecule has 3 heteroatoms. The summed E-state index contributed by atoms with van der Waals surface area (Å²) in [6, 6.07) is 9.86. The fourth-order valence-corrected chi connectivity index (χ4v) is 1.56. The van der Waals surface area contributed by atoms with Crippen LogP contribution in [0.1, 0.15) is 18.9 Å². The first-order valence-electron chi connectivity index (χ1n) is 5.78. The highest BCUT2D eigenvalue weighted by Gasteiger charge is 2.05. The molecule has 0 heterocycles. The lowest BCUT2D eigenvalue weighted by atomic mass is 10.1. The van der Waals surface area contributed by atoms with E-state index in [-0.39, 0.29) is 6.61 Å². The number of benzene rings is 1. The Bertz CT molecular complexity index is 333.